The molecule has 4 heterocycles. The number of fused-ring (bicyclic) bond motifs is 12. The van der Waals surface area contributed by atoms with Gasteiger partial charge in [-0.05, 0) is 65.4 Å². The average molecular weight is 830 g/mol. The molecule has 0 radical (unpaired) electrons. The van der Waals surface area contributed by atoms with Crippen molar-refractivity contribution in [3.63, 3.8) is 0 Å². The van der Waals surface area contributed by atoms with Gasteiger partial charge in [-0.25, -0.2) is 15.0 Å². The van der Waals surface area contributed by atoms with Gasteiger partial charge in [0.05, 0.1) is 27.8 Å². The molecular formula is C59H35N5O. The van der Waals surface area contributed by atoms with Crippen molar-refractivity contribution in [3.05, 3.63) is 212 Å². The number of nitrogens with zero attached hydrogens (tertiary/aromatic N) is 5. The lowest BCUT2D eigenvalue weighted by Crippen LogP contribution is -2.02. The van der Waals surface area contributed by atoms with E-state index in [0.717, 1.165) is 88.2 Å². The van der Waals surface area contributed by atoms with Gasteiger partial charge < -0.3 is 13.6 Å². The van der Waals surface area contributed by atoms with Crippen molar-refractivity contribution in [3.8, 4) is 45.5 Å². The average Bonchev–Trinajstić information content (AvgIpc) is 4.03. The van der Waals surface area contributed by atoms with E-state index in [-0.39, 0.29) is 0 Å². The Morgan fingerprint density at radius 3 is 1.71 bits per heavy atom. The van der Waals surface area contributed by atoms with E-state index < -0.39 is 0 Å². The molecule has 0 spiro atoms. The van der Waals surface area contributed by atoms with E-state index >= 15 is 0 Å². The first-order valence-electron chi connectivity index (χ1n) is 21.9. The lowest BCUT2D eigenvalue weighted by Gasteiger charge is -2.14. The van der Waals surface area contributed by atoms with Crippen LogP contribution in [0.2, 0.25) is 0 Å². The van der Waals surface area contributed by atoms with Crippen molar-refractivity contribution in [2.75, 3.05) is 0 Å². The fourth-order valence-corrected chi connectivity index (χ4v) is 10.3. The smallest absolute Gasteiger partial charge is 0.166 e. The minimum atomic E-state index is 0.569. The van der Waals surface area contributed by atoms with Crippen molar-refractivity contribution in [1.29, 1.82) is 0 Å². The summed E-state index contributed by atoms with van der Waals surface area (Å²) in [6.45, 7) is 0. The number of aromatic nitrogens is 5. The number of furan rings is 1. The molecule has 302 valence electrons. The minimum absolute atomic E-state index is 0.569. The third kappa shape index (κ3) is 5.31. The van der Waals surface area contributed by atoms with Crippen molar-refractivity contribution < 1.29 is 4.42 Å². The number of hydrogen-bond donors (Lipinski definition) is 0. The molecule has 6 nitrogen and oxygen atoms in total. The van der Waals surface area contributed by atoms with Crippen LogP contribution in [0.5, 0.6) is 0 Å². The van der Waals surface area contributed by atoms with E-state index in [9.17, 15) is 0 Å². The Bertz CT molecular complexity index is 4240. The first-order chi connectivity index (χ1) is 32.2. The van der Waals surface area contributed by atoms with Crippen molar-refractivity contribution >= 4 is 87.1 Å². The molecule has 0 fully saturated rings. The van der Waals surface area contributed by atoms with Crippen LogP contribution in [-0.4, -0.2) is 24.1 Å². The highest BCUT2D eigenvalue weighted by atomic mass is 16.3. The Hall–Kier alpha value is -8.87. The molecule has 6 heteroatoms. The summed E-state index contributed by atoms with van der Waals surface area (Å²) in [5.74, 6) is 1.76. The zero-order chi connectivity index (χ0) is 42.6. The fourth-order valence-electron chi connectivity index (χ4n) is 10.3. The molecule has 0 aliphatic carbocycles. The van der Waals surface area contributed by atoms with E-state index in [2.05, 4.69) is 197 Å². The van der Waals surface area contributed by atoms with Crippen LogP contribution < -0.4 is 0 Å². The summed E-state index contributed by atoms with van der Waals surface area (Å²) in [5, 5.41) is 11.2. The summed E-state index contributed by atoms with van der Waals surface area (Å²) in [4.78, 5) is 16.1. The van der Waals surface area contributed by atoms with Crippen molar-refractivity contribution in [1.82, 2.24) is 24.1 Å². The van der Waals surface area contributed by atoms with Gasteiger partial charge in [0.25, 0.3) is 0 Å². The second-order valence-corrected chi connectivity index (χ2v) is 16.7. The van der Waals surface area contributed by atoms with Gasteiger partial charge in [-0.1, -0.05) is 158 Å². The van der Waals surface area contributed by atoms with Gasteiger partial charge in [-0.2, -0.15) is 0 Å². The number of para-hydroxylation sites is 4. The molecule has 0 aliphatic rings. The Labute approximate surface area is 371 Å². The maximum atomic E-state index is 6.93. The molecule has 14 rings (SSSR count). The molecule has 0 N–H and O–H groups in total. The first-order valence-corrected chi connectivity index (χ1v) is 21.9. The summed E-state index contributed by atoms with van der Waals surface area (Å²) >= 11 is 0. The Balaban J connectivity index is 1.07. The summed E-state index contributed by atoms with van der Waals surface area (Å²) in [6, 6.07) is 74.9. The highest BCUT2D eigenvalue weighted by Gasteiger charge is 2.24. The second kappa shape index (κ2) is 13.8. The highest BCUT2D eigenvalue weighted by molar-refractivity contribution is 6.22. The lowest BCUT2D eigenvalue weighted by molar-refractivity contribution is 0.672. The monoisotopic (exact) mass is 829 g/mol. The van der Waals surface area contributed by atoms with E-state index in [1.165, 1.54) is 26.9 Å². The molecule has 0 bridgehead atoms. The van der Waals surface area contributed by atoms with E-state index in [0.29, 0.717) is 17.5 Å². The number of hydrogen-bond acceptors (Lipinski definition) is 4. The Kier molecular flexibility index (Phi) is 7.59. The predicted molar refractivity (Wildman–Crippen MR) is 267 cm³/mol. The number of benzene rings is 10. The SMILES string of the molecule is c1ccc(-c2nc(-c3cccc4oc5c6ccccc6c(-n6c7ccccc7c7cc8ccccc8cc76)cc5c34)nc(-c3cccc4c5ccccc5n(-c5ccccc5)c34)n2)cc1. The Morgan fingerprint density at radius 1 is 0.354 bits per heavy atom. The van der Waals surface area contributed by atoms with Gasteiger partial charge in [0, 0.05) is 65.5 Å². The van der Waals surface area contributed by atoms with Gasteiger partial charge >= 0.3 is 0 Å². The zero-order valence-electron chi connectivity index (χ0n) is 34.9. The van der Waals surface area contributed by atoms with E-state index in [1.807, 2.05) is 24.3 Å². The summed E-state index contributed by atoms with van der Waals surface area (Å²) in [6.07, 6.45) is 0. The molecule has 65 heavy (non-hydrogen) atoms. The van der Waals surface area contributed by atoms with E-state index in [4.69, 9.17) is 19.4 Å². The molecule has 0 saturated carbocycles. The standard InChI is InChI=1S/C59H35N5O/c1-3-17-36(18-4-1)57-60-58(62-59(61-57)46-29-15-27-43-40-23-11-13-30-49(40)63(55(43)46)39-21-5-2-6-22-39)45-28-16-32-53-54(45)48-35-52(41-24-9-10-26-44(41)56(48)65-53)64-50-31-14-12-25-42(50)47-33-37-19-7-8-20-38(37)34-51(47)64/h1-35H. The van der Waals surface area contributed by atoms with Gasteiger partial charge in [0.15, 0.2) is 17.5 Å². The summed E-state index contributed by atoms with van der Waals surface area (Å²) in [7, 11) is 0. The maximum Gasteiger partial charge on any atom is 0.166 e. The van der Waals surface area contributed by atoms with Gasteiger partial charge in [-0.15, -0.1) is 0 Å². The van der Waals surface area contributed by atoms with Gasteiger partial charge in [0.1, 0.15) is 11.2 Å². The second-order valence-electron chi connectivity index (χ2n) is 16.7. The molecule has 10 aromatic carbocycles. The van der Waals surface area contributed by atoms with Crippen LogP contribution in [0.15, 0.2) is 217 Å². The highest BCUT2D eigenvalue weighted by Crippen LogP contribution is 2.45. The van der Waals surface area contributed by atoms with Crippen LogP contribution in [0.25, 0.3) is 133 Å². The van der Waals surface area contributed by atoms with Crippen LogP contribution >= 0.6 is 0 Å². The van der Waals surface area contributed by atoms with Crippen LogP contribution in [-0.2, 0) is 0 Å². The molecular weight excluding hydrogens is 795 g/mol. The van der Waals surface area contributed by atoms with Crippen molar-refractivity contribution in [2.24, 2.45) is 0 Å². The van der Waals surface area contributed by atoms with Gasteiger partial charge in [-0.3, -0.25) is 0 Å². The molecule has 0 atom stereocenters. The van der Waals surface area contributed by atoms with Crippen LogP contribution in [0.4, 0.5) is 0 Å². The predicted octanol–water partition coefficient (Wildman–Crippen LogP) is 15.3. The fraction of sp³-hybridized carbons (Fsp3) is 0. The van der Waals surface area contributed by atoms with Crippen molar-refractivity contribution in [2.45, 2.75) is 0 Å². The first kappa shape index (κ1) is 35.7. The molecule has 0 aliphatic heterocycles. The molecule has 0 amide bonds. The normalized spacial score (nSPS) is 12.0. The van der Waals surface area contributed by atoms with Gasteiger partial charge in [0.2, 0.25) is 0 Å². The topological polar surface area (TPSA) is 61.7 Å². The summed E-state index contributed by atoms with van der Waals surface area (Å²) in [5.41, 5.74) is 10.9. The van der Waals surface area contributed by atoms with Crippen LogP contribution in [0.3, 0.4) is 0 Å². The quantitative estimate of drug-likeness (QED) is 0.173. The van der Waals surface area contributed by atoms with Crippen LogP contribution in [0, 0.1) is 0 Å². The van der Waals surface area contributed by atoms with E-state index in [1.54, 1.807) is 0 Å². The number of rotatable bonds is 5. The third-order valence-corrected chi connectivity index (χ3v) is 13.1. The zero-order valence-corrected chi connectivity index (χ0v) is 34.9. The third-order valence-electron chi connectivity index (χ3n) is 13.1. The Morgan fingerprint density at radius 2 is 0.923 bits per heavy atom. The molecule has 14 aromatic rings. The lowest BCUT2D eigenvalue weighted by atomic mass is 10.0. The molecule has 4 aromatic heterocycles. The molecule has 0 unspecified atom stereocenters. The minimum Gasteiger partial charge on any atom is -0.455 e. The maximum absolute atomic E-state index is 6.93. The summed E-state index contributed by atoms with van der Waals surface area (Å²) < 4.78 is 11.7. The molecule has 0 saturated heterocycles. The largest absolute Gasteiger partial charge is 0.455 e. The van der Waals surface area contributed by atoms with Crippen LogP contribution in [0.1, 0.15) is 0 Å².